The first-order chi connectivity index (χ1) is 9.78. The molecule has 0 aliphatic carbocycles. The van der Waals surface area contributed by atoms with Crippen LogP contribution in [0.25, 0.3) is 0 Å². The van der Waals surface area contributed by atoms with E-state index in [4.69, 9.17) is 5.11 Å². The number of carboxylic acids is 1. The number of rotatable bonds is 7. The second kappa shape index (κ2) is 7.64. The summed E-state index contributed by atoms with van der Waals surface area (Å²) in [5.74, 6) is -1.11. The van der Waals surface area contributed by atoms with Gasteiger partial charge in [-0.2, -0.15) is 0 Å². The second-order valence-corrected chi connectivity index (χ2v) is 5.49. The van der Waals surface area contributed by atoms with Crippen LogP contribution >= 0.6 is 0 Å². The normalized spacial score (nSPS) is 14.8. The molecule has 0 aromatic heterocycles. The Bertz CT molecular complexity index is 474. The highest BCUT2D eigenvalue weighted by molar-refractivity contribution is 5.74. The number of urea groups is 1. The second-order valence-electron chi connectivity index (χ2n) is 5.49. The van der Waals surface area contributed by atoms with E-state index in [1.165, 1.54) is 6.92 Å². The molecular formula is C15H22N2O4. The van der Waals surface area contributed by atoms with Gasteiger partial charge in [-0.25, -0.2) is 4.79 Å². The molecule has 0 spiro atoms. The monoisotopic (exact) mass is 294 g/mol. The summed E-state index contributed by atoms with van der Waals surface area (Å²) in [6.07, 6.45) is 0.270. The van der Waals surface area contributed by atoms with E-state index in [2.05, 4.69) is 10.6 Å². The molecule has 21 heavy (non-hydrogen) atoms. The van der Waals surface area contributed by atoms with Gasteiger partial charge in [0.15, 0.2) is 0 Å². The van der Waals surface area contributed by atoms with Crippen LogP contribution < -0.4 is 10.6 Å². The van der Waals surface area contributed by atoms with E-state index in [9.17, 15) is 14.7 Å². The molecule has 0 aliphatic heterocycles. The van der Waals surface area contributed by atoms with E-state index in [0.29, 0.717) is 6.42 Å². The molecule has 0 fully saturated rings. The number of carbonyl (C=O) groups is 2. The van der Waals surface area contributed by atoms with Crippen LogP contribution in [0.5, 0.6) is 0 Å². The summed E-state index contributed by atoms with van der Waals surface area (Å²) >= 11 is 0. The molecule has 1 rings (SSSR count). The van der Waals surface area contributed by atoms with Crippen molar-refractivity contribution in [1.29, 1.82) is 0 Å². The summed E-state index contributed by atoms with van der Waals surface area (Å²) in [4.78, 5) is 22.2. The van der Waals surface area contributed by atoms with E-state index in [0.717, 1.165) is 5.56 Å². The quantitative estimate of drug-likeness (QED) is 0.606. The Kier molecular flexibility index (Phi) is 6.17. The van der Waals surface area contributed by atoms with Gasteiger partial charge in [0.2, 0.25) is 0 Å². The smallest absolute Gasteiger partial charge is 0.315 e. The Hall–Kier alpha value is -2.08. The summed E-state index contributed by atoms with van der Waals surface area (Å²) in [6, 6.07) is 9.26. The molecule has 1 aromatic rings. The van der Waals surface area contributed by atoms with Gasteiger partial charge < -0.3 is 20.8 Å². The molecule has 2 unspecified atom stereocenters. The molecule has 6 nitrogen and oxygen atoms in total. The summed E-state index contributed by atoms with van der Waals surface area (Å²) in [7, 11) is 0. The van der Waals surface area contributed by atoms with Gasteiger partial charge in [0.1, 0.15) is 0 Å². The van der Waals surface area contributed by atoms with E-state index in [-0.39, 0.29) is 12.6 Å². The van der Waals surface area contributed by atoms with Gasteiger partial charge in [-0.05, 0) is 25.8 Å². The van der Waals surface area contributed by atoms with Crippen LogP contribution in [0, 0.1) is 0 Å². The van der Waals surface area contributed by atoms with Gasteiger partial charge in [-0.3, -0.25) is 4.79 Å². The average molecular weight is 294 g/mol. The zero-order valence-corrected chi connectivity index (χ0v) is 12.3. The Morgan fingerprint density at radius 1 is 1.29 bits per heavy atom. The summed E-state index contributed by atoms with van der Waals surface area (Å²) in [5, 5.41) is 23.6. The fourth-order valence-electron chi connectivity index (χ4n) is 1.95. The average Bonchev–Trinajstić information content (AvgIpc) is 2.36. The number of carbonyl (C=O) groups excluding carboxylic acids is 1. The fourth-order valence-corrected chi connectivity index (χ4v) is 1.95. The van der Waals surface area contributed by atoms with Crippen LogP contribution in [0.15, 0.2) is 30.3 Å². The molecule has 0 aliphatic rings. The lowest BCUT2D eigenvalue weighted by molar-refractivity contribution is -0.141. The van der Waals surface area contributed by atoms with E-state index in [1.54, 1.807) is 0 Å². The van der Waals surface area contributed by atoms with Gasteiger partial charge in [-0.1, -0.05) is 30.3 Å². The Balaban J connectivity index is 2.35. The maximum atomic E-state index is 11.7. The van der Waals surface area contributed by atoms with Crippen LogP contribution in [0.2, 0.25) is 0 Å². The van der Waals surface area contributed by atoms with E-state index in [1.807, 2.05) is 37.3 Å². The van der Waals surface area contributed by atoms with Crippen LogP contribution in [0.1, 0.15) is 25.8 Å². The highest BCUT2D eigenvalue weighted by atomic mass is 16.4. The molecule has 0 radical (unpaired) electrons. The zero-order chi connectivity index (χ0) is 15.9. The van der Waals surface area contributed by atoms with Crippen molar-refractivity contribution in [3.8, 4) is 0 Å². The van der Waals surface area contributed by atoms with Crippen LogP contribution in [-0.2, 0) is 11.2 Å². The van der Waals surface area contributed by atoms with E-state index < -0.39 is 24.0 Å². The van der Waals surface area contributed by atoms with Crippen LogP contribution in [0.3, 0.4) is 0 Å². The lowest BCUT2D eigenvalue weighted by atomic mass is 10.0. The first-order valence-electron chi connectivity index (χ1n) is 6.81. The molecule has 4 N–H and O–H groups in total. The first kappa shape index (κ1) is 17.0. The van der Waals surface area contributed by atoms with Crippen molar-refractivity contribution >= 4 is 12.0 Å². The maximum absolute atomic E-state index is 11.7. The van der Waals surface area contributed by atoms with Crippen molar-refractivity contribution in [2.24, 2.45) is 0 Å². The predicted molar refractivity (Wildman–Crippen MR) is 79.0 cm³/mol. The highest BCUT2D eigenvalue weighted by Crippen LogP contribution is 2.07. The molecule has 0 saturated carbocycles. The van der Waals surface area contributed by atoms with Gasteiger partial charge in [0.25, 0.3) is 0 Å². The Morgan fingerprint density at radius 2 is 1.90 bits per heavy atom. The lowest BCUT2D eigenvalue weighted by Gasteiger charge is -2.22. The Morgan fingerprint density at radius 3 is 2.48 bits per heavy atom. The minimum atomic E-state index is -1.47. The van der Waals surface area contributed by atoms with Gasteiger partial charge >= 0.3 is 12.0 Å². The molecule has 2 atom stereocenters. The van der Waals surface area contributed by atoms with E-state index >= 15 is 0 Å². The topological polar surface area (TPSA) is 98.7 Å². The van der Waals surface area contributed by atoms with Crippen molar-refractivity contribution < 1.29 is 19.8 Å². The number of amides is 2. The number of hydrogen-bond acceptors (Lipinski definition) is 3. The standard InChI is InChI=1S/C15H22N2O4/c1-11(8-12-6-4-3-5-7-12)17-14(20)16-10-15(2,21)9-13(18)19/h3-7,11,21H,8-10H2,1-2H3,(H,18,19)(H2,16,17,20). The van der Waals surface area contributed by atoms with Gasteiger partial charge in [-0.15, -0.1) is 0 Å². The van der Waals surface area contributed by atoms with Crippen LogP contribution in [-0.4, -0.2) is 40.4 Å². The van der Waals surface area contributed by atoms with Crippen molar-refractivity contribution in [2.45, 2.75) is 38.3 Å². The van der Waals surface area contributed by atoms with Gasteiger partial charge in [0, 0.05) is 12.6 Å². The zero-order valence-electron chi connectivity index (χ0n) is 12.3. The predicted octanol–water partition coefficient (Wildman–Crippen LogP) is 1.14. The minimum absolute atomic E-state index is 0.0724. The maximum Gasteiger partial charge on any atom is 0.315 e. The third kappa shape index (κ3) is 7.31. The molecule has 0 heterocycles. The number of nitrogens with one attached hydrogen (secondary N) is 2. The highest BCUT2D eigenvalue weighted by Gasteiger charge is 2.24. The number of carboxylic acid groups (broad SMARTS) is 1. The summed E-state index contributed by atoms with van der Waals surface area (Å²) in [6.45, 7) is 3.12. The van der Waals surface area contributed by atoms with Crippen molar-refractivity contribution in [3.05, 3.63) is 35.9 Å². The largest absolute Gasteiger partial charge is 0.481 e. The summed E-state index contributed by atoms with van der Waals surface area (Å²) < 4.78 is 0. The molecule has 0 saturated heterocycles. The molecular weight excluding hydrogens is 272 g/mol. The molecule has 2 amide bonds. The minimum Gasteiger partial charge on any atom is -0.481 e. The molecule has 0 bridgehead atoms. The molecule has 116 valence electrons. The van der Waals surface area contributed by atoms with Crippen molar-refractivity contribution in [1.82, 2.24) is 10.6 Å². The van der Waals surface area contributed by atoms with Crippen LogP contribution in [0.4, 0.5) is 4.79 Å². The number of aliphatic hydroxyl groups is 1. The van der Waals surface area contributed by atoms with Gasteiger partial charge in [0.05, 0.1) is 12.0 Å². The van der Waals surface area contributed by atoms with Crippen molar-refractivity contribution in [2.75, 3.05) is 6.54 Å². The number of benzene rings is 1. The Labute approximate surface area is 124 Å². The SMILES string of the molecule is CC(Cc1ccccc1)NC(=O)NCC(C)(O)CC(=O)O. The fraction of sp³-hybridized carbons (Fsp3) is 0.467. The summed E-state index contributed by atoms with van der Waals surface area (Å²) in [5.41, 5.74) is -0.352. The number of aliphatic carboxylic acids is 1. The number of hydrogen-bond donors (Lipinski definition) is 4. The van der Waals surface area contributed by atoms with Crippen molar-refractivity contribution in [3.63, 3.8) is 0 Å². The third-order valence-electron chi connectivity index (χ3n) is 2.92. The third-order valence-corrected chi connectivity index (χ3v) is 2.92. The molecule has 6 heteroatoms. The first-order valence-corrected chi connectivity index (χ1v) is 6.81. The molecule has 1 aromatic carbocycles. The lowest BCUT2D eigenvalue weighted by Crippen LogP contribution is -2.48.